The Hall–Kier alpha value is -1.18. The molecule has 0 spiro atoms. The molecule has 7 heteroatoms. The zero-order chi connectivity index (χ0) is 13.6. The molecule has 0 unspecified atom stereocenters. The monoisotopic (exact) mass is 260 g/mol. The van der Waals surface area contributed by atoms with Crippen molar-refractivity contribution in [3.63, 3.8) is 0 Å². The van der Waals surface area contributed by atoms with Gasteiger partial charge in [-0.15, -0.1) is 0 Å². The Bertz CT molecular complexity index is 302. The summed E-state index contributed by atoms with van der Waals surface area (Å²) in [5.74, 6) is -0.458. The minimum atomic E-state index is -0.821. The van der Waals surface area contributed by atoms with Crippen LogP contribution in [0.2, 0.25) is 0 Å². The summed E-state index contributed by atoms with van der Waals surface area (Å²) in [5, 5.41) is 12.3. The average molecular weight is 260 g/mol. The number of carbonyl (C=O) groups is 2. The normalized spacial score (nSPS) is 18.4. The standard InChI is InChI=1S/C11H20N2O5/c1-13(7-9(14)12-10(15)17-2)8-11(16)3-5-18-6-4-11/h16H,3-8H2,1-2H3,(H,12,14,15). The second-order valence-corrected chi connectivity index (χ2v) is 4.55. The predicted octanol–water partition coefficient (Wildman–Crippen LogP) is -0.658. The molecule has 0 radical (unpaired) electrons. The van der Waals surface area contributed by atoms with E-state index in [1.807, 2.05) is 0 Å². The van der Waals surface area contributed by atoms with Gasteiger partial charge in [-0.25, -0.2) is 4.79 Å². The number of carbonyl (C=O) groups excluding carboxylic acids is 2. The Morgan fingerprint density at radius 3 is 2.61 bits per heavy atom. The Balaban J connectivity index is 2.34. The second kappa shape index (κ2) is 6.67. The highest BCUT2D eigenvalue weighted by Crippen LogP contribution is 2.20. The van der Waals surface area contributed by atoms with Crippen molar-refractivity contribution in [3.05, 3.63) is 0 Å². The third-order valence-electron chi connectivity index (χ3n) is 2.83. The Morgan fingerprint density at radius 2 is 2.06 bits per heavy atom. The highest BCUT2D eigenvalue weighted by atomic mass is 16.5. The third-order valence-corrected chi connectivity index (χ3v) is 2.83. The Morgan fingerprint density at radius 1 is 1.44 bits per heavy atom. The van der Waals surface area contributed by atoms with Crippen molar-refractivity contribution in [1.29, 1.82) is 0 Å². The maximum absolute atomic E-state index is 11.4. The molecule has 18 heavy (non-hydrogen) atoms. The SMILES string of the molecule is COC(=O)NC(=O)CN(C)CC1(O)CCOCC1. The summed E-state index contributed by atoms with van der Waals surface area (Å²) < 4.78 is 9.49. The minimum Gasteiger partial charge on any atom is -0.453 e. The molecule has 2 N–H and O–H groups in total. The minimum absolute atomic E-state index is 0.0261. The third kappa shape index (κ3) is 4.99. The summed E-state index contributed by atoms with van der Waals surface area (Å²) in [4.78, 5) is 23.9. The van der Waals surface area contributed by atoms with Crippen LogP contribution in [0.25, 0.3) is 0 Å². The molecule has 0 bridgehead atoms. The fraction of sp³-hybridized carbons (Fsp3) is 0.818. The van der Waals surface area contributed by atoms with Gasteiger partial charge in [0.1, 0.15) is 0 Å². The number of hydrogen-bond donors (Lipinski definition) is 2. The van der Waals surface area contributed by atoms with Crippen molar-refractivity contribution in [1.82, 2.24) is 10.2 Å². The number of rotatable bonds is 4. The number of aliphatic hydroxyl groups is 1. The van der Waals surface area contributed by atoms with Gasteiger partial charge < -0.3 is 14.6 Å². The van der Waals surface area contributed by atoms with E-state index in [-0.39, 0.29) is 6.54 Å². The summed E-state index contributed by atoms with van der Waals surface area (Å²) in [6, 6.07) is 0. The van der Waals surface area contributed by atoms with Crippen LogP contribution in [0.4, 0.5) is 4.79 Å². The lowest BCUT2D eigenvalue weighted by Gasteiger charge is -2.35. The van der Waals surface area contributed by atoms with Crippen LogP contribution in [-0.4, -0.2) is 68.1 Å². The van der Waals surface area contributed by atoms with E-state index in [4.69, 9.17) is 4.74 Å². The van der Waals surface area contributed by atoms with Crippen molar-refractivity contribution >= 4 is 12.0 Å². The summed E-state index contributed by atoms with van der Waals surface area (Å²) in [6.45, 7) is 1.45. The lowest BCUT2D eigenvalue weighted by Crippen LogP contribution is -2.48. The highest BCUT2D eigenvalue weighted by molar-refractivity contribution is 5.92. The van der Waals surface area contributed by atoms with Gasteiger partial charge in [0, 0.05) is 32.6 Å². The van der Waals surface area contributed by atoms with Gasteiger partial charge in [0.15, 0.2) is 0 Å². The molecule has 0 aromatic carbocycles. The van der Waals surface area contributed by atoms with Crippen LogP contribution in [0.15, 0.2) is 0 Å². The van der Waals surface area contributed by atoms with Crippen molar-refractivity contribution < 1.29 is 24.2 Å². The summed E-state index contributed by atoms with van der Waals surface area (Å²) >= 11 is 0. The average Bonchev–Trinajstić information content (AvgIpc) is 2.28. The number of methoxy groups -OCH3 is 1. The smallest absolute Gasteiger partial charge is 0.413 e. The maximum Gasteiger partial charge on any atom is 0.413 e. The fourth-order valence-corrected chi connectivity index (χ4v) is 1.92. The van der Waals surface area contributed by atoms with E-state index in [1.54, 1.807) is 11.9 Å². The van der Waals surface area contributed by atoms with Gasteiger partial charge in [0.25, 0.3) is 0 Å². The molecular formula is C11H20N2O5. The largest absolute Gasteiger partial charge is 0.453 e. The van der Waals surface area contributed by atoms with Crippen LogP contribution in [0.3, 0.4) is 0 Å². The Kier molecular flexibility index (Phi) is 5.52. The van der Waals surface area contributed by atoms with E-state index < -0.39 is 17.6 Å². The number of ether oxygens (including phenoxy) is 2. The molecule has 1 aliphatic rings. The van der Waals surface area contributed by atoms with Crippen LogP contribution in [0, 0.1) is 0 Å². The maximum atomic E-state index is 11.4. The lowest BCUT2D eigenvalue weighted by molar-refractivity contribution is -0.122. The zero-order valence-corrected chi connectivity index (χ0v) is 10.8. The van der Waals surface area contributed by atoms with Crippen LogP contribution >= 0.6 is 0 Å². The quantitative estimate of drug-likeness (QED) is 0.698. The molecule has 1 heterocycles. The molecule has 7 nitrogen and oxygen atoms in total. The van der Waals surface area contributed by atoms with E-state index in [1.165, 1.54) is 7.11 Å². The second-order valence-electron chi connectivity index (χ2n) is 4.55. The number of hydrogen-bond acceptors (Lipinski definition) is 6. The van der Waals surface area contributed by atoms with Crippen LogP contribution in [0.5, 0.6) is 0 Å². The zero-order valence-electron chi connectivity index (χ0n) is 10.8. The van der Waals surface area contributed by atoms with E-state index in [0.29, 0.717) is 32.6 Å². The Labute approximate surface area is 106 Å². The van der Waals surface area contributed by atoms with Gasteiger partial charge >= 0.3 is 6.09 Å². The summed E-state index contributed by atoms with van der Waals surface area (Å²) in [7, 11) is 2.90. The van der Waals surface area contributed by atoms with E-state index >= 15 is 0 Å². The van der Waals surface area contributed by atoms with Gasteiger partial charge in [0.2, 0.25) is 5.91 Å². The van der Waals surface area contributed by atoms with E-state index in [9.17, 15) is 14.7 Å². The van der Waals surface area contributed by atoms with Gasteiger partial charge in [0.05, 0.1) is 19.3 Å². The molecule has 0 aliphatic carbocycles. The predicted molar refractivity (Wildman–Crippen MR) is 63.0 cm³/mol. The first kappa shape index (κ1) is 14.9. The molecule has 1 saturated heterocycles. The molecular weight excluding hydrogens is 240 g/mol. The van der Waals surface area contributed by atoms with Gasteiger partial charge in [-0.1, -0.05) is 0 Å². The molecule has 0 aromatic rings. The van der Waals surface area contributed by atoms with Crippen molar-refractivity contribution in [3.8, 4) is 0 Å². The molecule has 0 aromatic heterocycles. The van der Waals surface area contributed by atoms with Gasteiger partial charge in [-0.2, -0.15) is 0 Å². The van der Waals surface area contributed by atoms with Gasteiger partial charge in [-0.05, 0) is 7.05 Å². The summed E-state index contributed by atoms with van der Waals surface area (Å²) in [6.07, 6.45) is 0.324. The number of alkyl carbamates (subject to hydrolysis) is 1. The molecule has 1 fully saturated rings. The van der Waals surface area contributed by atoms with Crippen LogP contribution in [-0.2, 0) is 14.3 Å². The van der Waals surface area contributed by atoms with Crippen molar-refractivity contribution in [2.75, 3.05) is 40.5 Å². The van der Waals surface area contributed by atoms with Crippen molar-refractivity contribution in [2.24, 2.45) is 0 Å². The molecule has 0 atom stereocenters. The van der Waals surface area contributed by atoms with E-state index in [0.717, 1.165) is 0 Å². The van der Waals surface area contributed by atoms with Crippen LogP contribution < -0.4 is 5.32 Å². The highest BCUT2D eigenvalue weighted by Gasteiger charge is 2.31. The van der Waals surface area contributed by atoms with Crippen molar-refractivity contribution in [2.45, 2.75) is 18.4 Å². The van der Waals surface area contributed by atoms with Crippen LogP contribution in [0.1, 0.15) is 12.8 Å². The lowest BCUT2D eigenvalue weighted by atomic mass is 9.94. The first-order valence-electron chi connectivity index (χ1n) is 5.82. The molecule has 0 saturated carbocycles. The number of imide groups is 1. The molecule has 2 amide bonds. The summed E-state index contributed by atoms with van der Waals surface area (Å²) in [5.41, 5.74) is -0.821. The first-order chi connectivity index (χ1) is 8.45. The van der Waals surface area contributed by atoms with Gasteiger partial charge in [-0.3, -0.25) is 15.0 Å². The molecule has 1 aliphatic heterocycles. The fourth-order valence-electron chi connectivity index (χ4n) is 1.92. The number of amides is 2. The van der Waals surface area contributed by atoms with E-state index in [2.05, 4.69) is 10.1 Å². The topological polar surface area (TPSA) is 88.1 Å². The first-order valence-corrected chi connectivity index (χ1v) is 5.82. The molecule has 1 rings (SSSR count). The number of likely N-dealkylation sites (N-methyl/N-ethyl adjacent to an activating group) is 1. The molecule has 104 valence electrons. The number of nitrogens with zero attached hydrogens (tertiary/aromatic N) is 1. The number of nitrogens with one attached hydrogen (secondary N) is 1.